The fourth-order valence-electron chi connectivity index (χ4n) is 1.78. The Hall–Kier alpha value is -1.46. The van der Waals surface area contributed by atoms with E-state index >= 15 is 0 Å². The number of aliphatic hydroxyl groups is 1. The fourth-order valence-corrected chi connectivity index (χ4v) is 2.26. The van der Waals surface area contributed by atoms with Gasteiger partial charge in [0.05, 0.1) is 12.8 Å². The van der Waals surface area contributed by atoms with E-state index in [0.29, 0.717) is 18.7 Å². The van der Waals surface area contributed by atoms with Crippen LogP contribution in [0.2, 0.25) is 0 Å². The molecule has 0 amide bonds. The summed E-state index contributed by atoms with van der Waals surface area (Å²) in [6.07, 6.45) is 5.65. The molecule has 1 aliphatic rings. The summed E-state index contributed by atoms with van der Waals surface area (Å²) in [7, 11) is 0. The van der Waals surface area contributed by atoms with Crippen molar-refractivity contribution in [2.75, 3.05) is 13.2 Å². The third-order valence-corrected chi connectivity index (χ3v) is 3.66. The highest BCUT2D eigenvalue weighted by atomic mass is 32.3. The van der Waals surface area contributed by atoms with E-state index in [1.807, 2.05) is 0 Å². The maximum absolute atomic E-state index is 11.8. The van der Waals surface area contributed by atoms with Crippen LogP contribution in [0.5, 0.6) is 0 Å². The molecule has 128 valence electrons. The predicted molar refractivity (Wildman–Crippen MR) is 78.9 cm³/mol. The van der Waals surface area contributed by atoms with Crippen LogP contribution in [0, 0.1) is 0 Å². The van der Waals surface area contributed by atoms with Gasteiger partial charge in [-0.25, -0.2) is 4.79 Å². The Kier molecular flexibility index (Phi) is 6.54. The second-order valence-corrected chi connectivity index (χ2v) is 6.00. The molecule has 23 heavy (non-hydrogen) atoms. The number of carbonyl (C=O) groups is 1. The molecule has 2 rings (SSSR count). The molecule has 9 nitrogen and oxygen atoms in total. The van der Waals surface area contributed by atoms with Crippen molar-refractivity contribution in [1.82, 2.24) is 15.0 Å². The summed E-state index contributed by atoms with van der Waals surface area (Å²) in [6.45, 7) is 2.02. The first kappa shape index (κ1) is 17.9. The monoisotopic (exact) mass is 345 g/mol. The Morgan fingerprint density at radius 3 is 3.09 bits per heavy atom. The zero-order chi connectivity index (χ0) is 16.7. The molecule has 1 aromatic rings. The van der Waals surface area contributed by atoms with Gasteiger partial charge in [-0.15, -0.1) is 13.5 Å². The zero-order valence-electron chi connectivity index (χ0n) is 12.7. The molecule has 2 unspecified atom stereocenters. The van der Waals surface area contributed by atoms with Gasteiger partial charge in [-0.2, -0.15) is 0 Å². The van der Waals surface area contributed by atoms with Crippen LogP contribution in [0.3, 0.4) is 0 Å². The standard InChI is InChI=1S/C13H19N3O6S/c1-13(18)5-4-8-21-23(19)22-10-11-9-16(15-14-11)6-2-3-7-20-12(13)17/h4-5,9,18H,2-3,6-8,10H2,1H3/b5-4+. The Morgan fingerprint density at radius 2 is 2.26 bits per heavy atom. The van der Waals surface area contributed by atoms with Crippen LogP contribution in [-0.2, 0) is 42.8 Å². The normalized spacial score (nSPS) is 29.5. The van der Waals surface area contributed by atoms with Gasteiger partial charge in [0, 0.05) is 6.54 Å². The van der Waals surface area contributed by atoms with Crippen molar-refractivity contribution in [3.05, 3.63) is 24.0 Å². The van der Waals surface area contributed by atoms with Crippen molar-refractivity contribution in [2.24, 2.45) is 0 Å². The van der Waals surface area contributed by atoms with E-state index in [0.717, 1.165) is 6.42 Å². The molecule has 10 heteroatoms. The van der Waals surface area contributed by atoms with Crippen LogP contribution >= 0.6 is 0 Å². The molecular formula is C13H19N3O6S. The van der Waals surface area contributed by atoms with E-state index < -0.39 is 23.3 Å². The summed E-state index contributed by atoms with van der Waals surface area (Å²) in [5.41, 5.74) is -1.23. The zero-order valence-corrected chi connectivity index (χ0v) is 13.5. The highest BCUT2D eigenvalue weighted by Gasteiger charge is 2.28. The van der Waals surface area contributed by atoms with Gasteiger partial charge in [0.1, 0.15) is 12.3 Å². The highest BCUT2D eigenvalue weighted by molar-refractivity contribution is 7.81. The first-order valence-electron chi connectivity index (χ1n) is 7.12. The molecule has 0 saturated heterocycles. The molecular weight excluding hydrogens is 326 g/mol. The topological polar surface area (TPSA) is 119 Å². The number of fused-ring (bicyclic) bond motifs is 2. The van der Waals surface area contributed by atoms with Crippen molar-refractivity contribution < 1.29 is 27.6 Å². The minimum Gasteiger partial charge on any atom is -0.553 e. The molecule has 0 fully saturated rings. The second-order valence-electron chi connectivity index (χ2n) is 5.12. The van der Waals surface area contributed by atoms with Crippen LogP contribution in [0.4, 0.5) is 0 Å². The molecule has 0 radical (unpaired) electrons. The van der Waals surface area contributed by atoms with E-state index in [1.165, 1.54) is 19.1 Å². The van der Waals surface area contributed by atoms with Gasteiger partial charge in [0.25, 0.3) is 11.7 Å². The molecule has 2 bridgehead atoms. The molecule has 0 saturated carbocycles. The van der Waals surface area contributed by atoms with Crippen LogP contribution in [-0.4, -0.2) is 49.4 Å². The number of hydrogen-bond donors (Lipinski definition) is 1. The smallest absolute Gasteiger partial charge is 0.341 e. The van der Waals surface area contributed by atoms with E-state index in [-0.39, 0.29) is 19.8 Å². The number of hydrogen-bond acceptors (Lipinski definition) is 8. The molecule has 0 aromatic carbocycles. The number of nitrogens with zero attached hydrogens (tertiary/aromatic N) is 3. The third-order valence-electron chi connectivity index (χ3n) is 3.02. The average molecular weight is 345 g/mol. The number of aryl methyl sites for hydroxylation is 1. The third kappa shape index (κ3) is 5.92. The second kappa shape index (κ2) is 8.41. The predicted octanol–water partition coefficient (Wildman–Crippen LogP) is 0.0342. The Balaban J connectivity index is 1.98. The SMILES string of the molecule is CC1(O)/C=C/CO[S+]([O-])OCc2cn(nn2)CCCCOC1=O. The highest BCUT2D eigenvalue weighted by Crippen LogP contribution is 2.10. The average Bonchev–Trinajstić information content (AvgIpc) is 2.96. The summed E-state index contributed by atoms with van der Waals surface area (Å²) in [4.78, 5) is 11.8. The number of esters is 1. The van der Waals surface area contributed by atoms with Gasteiger partial charge < -0.3 is 14.4 Å². The van der Waals surface area contributed by atoms with E-state index in [2.05, 4.69) is 10.3 Å². The molecule has 1 N–H and O–H groups in total. The van der Waals surface area contributed by atoms with E-state index in [9.17, 15) is 14.5 Å². The minimum absolute atomic E-state index is 0.00956. The lowest BCUT2D eigenvalue weighted by atomic mass is 10.1. The molecule has 0 spiro atoms. The van der Waals surface area contributed by atoms with Gasteiger partial charge in [-0.05, 0) is 25.8 Å². The van der Waals surface area contributed by atoms with Gasteiger partial charge >= 0.3 is 5.97 Å². The first-order chi connectivity index (χ1) is 11.0. The van der Waals surface area contributed by atoms with E-state index in [4.69, 9.17) is 13.1 Å². The Morgan fingerprint density at radius 1 is 1.43 bits per heavy atom. The summed E-state index contributed by atoms with van der Waals surface area (Å²) in [5, 5.41) is 17.8. The van der Waals surface area contributed by atoms with Crippen molar-refractivity contribution in [3.63, 3.8) is 0 Å². The van der Waals surface area contributed by atoms with Gasteiger partial charge in [-0.3, -0.25) is 4.68 Å². The molecule has 2 heterocycles. The fraction of sp³-hybridized carbons (Fsp3) is 0.615. The molecule has 0 aliphatic carbocycles. The lowest BCUT2D eigenvalue weighted by molar-refractivity contribution is -0.159. The van der Waals surface area contributed by atoms with Crippen molar-refractivity contribution in [3.8, 4) is 0 Å². The number of aromatic nitrogens is 3. The lowest BCUT2D eigenvalue weighted by Gasteiger charge is -2.17. The van der Waals surface area contributed by atoms with Gasteiger partial charge in [0.15, 0.2) is 12.2 Å². The van der Waals surface area contributed by atoms with Crippen LogP contribution in [0.25, 0.3) is 0 Å². The number of rotatable bonds is 0. The van der Waals surface area contributed by atoms with Gasteiger partial charge in [-0.1, -0.05) is 11.3 Å². The quantitative estimate of drug-likeness (QED) is 0.397. The van der Waals surface area contributed by atoms with Gasteiger partial charge in [0.2, 0.25) is 0 Å². The Labute approximate surface area is 136 Å². The molecule has 1 aliphatic heterocycles. The minimum atomic E-state index is -1.97. The molecule has 1 aromatic heterocycles. The summed E-state index contributed by atoms with van der Waals surface area (Å²) in [6, 6.07) is 0. The summed E-state index contributed by atoms with van der Waals surface area (Å²) < 4.78 is 28.0. The van der Waals surface area contributed by atoms with Crippen molar-refractivity contribution >= 4 is 17.7 Å². The number of carbonyl (C=O) groups excluding carboxylic acids is 1. The van der Waals surface area contributed by atoms with E-state index in [1.54, 1.807) is 10.9 Å². The van der Waals surface area contributed by atoms with Crippen LogP contribution in [0.1, 0.15) is 25.5 Å². The maximum Gasteiger partial charge on any atom is 0.341 e. The maximum atomic E-state index is 11.8. The van der Waals surface area contributed by atoms with Crippen molar-refractivity contribution in [1.29, 1.82) is 0 Å². The summed E-state index contributed by atoms with van der Waals surface area (Å²) in [5.74, 6) is -0.751. The van der Waals surface area contributed by atoms with Crippen LogP contribution < -0.4 is 0 Å². The first-order valence-corrected chi connectivity index (χ1v) is 8.12. The largest absolute Gasteiger partial charge is 0.553 e. The summed E-state index contributed by atoms with van der Waals surface area (Å²) >= 11 is -1.97. The Bertz CT molecular complexity index is 548. The van der Waals surface area contributed by atoms with Crippen LogP contribution in [0.15, 0.2) is 18.3 Å². The lowest BCUT2D eigenvalue weighted by Crippen LogP contribution is -2.35. The number of ether oxygens (including phenoxy) is 1. The molecule has 2 atom stereocenters. The number of cyclic esters (lactones) is 1. The van der Waals surface area contributed by atoms with Crippen molar-refractivity contribution in [2.45, 2.75) is 38.5 Å².